The normalized spacial score (nSPS) is 20.7. The van der Waals surface area contributed by atoms with Gasteiger partial charge in [0.25, 0.3) is 5.91 Å². The molecule has 1 aliphatic rings. The van der Waals surface area contributed by atoms with Crippen LogP contribution in [0.3, 0.4) is 0 Å². The SMILES string of the molecule is CC(=O)c1cc(C(=O)N2C[C@@H](N)[C@H](c3ccccc3)C2)n(C)c1. The van der Waals surface area contributed by atoms with E-state index < -0.39 is 0 Å². The Bertz CT molecular complexity index is 736. The summed E-state index contributed by atoms with van der Waals surface area (Å²) in [7, 11) is 1.78. The topological polar surface area (TPSA) is 68.3 Å². The van der Waals surface area contributed by atoms with Crippen molar-refractivity contribution in [3.05, 3.63) is 59.4 Å². The van der Waals surface area contributed by atoms with Crippen LogP contribution in [-0.4, -0.2) is 40.3 Å². The summed E-state index contributed by atoms with van der Waals surface area (Å²) in [5.41, 5.74) is 8.49. The van der Waals surface area contributed by atoms with Crippen LogP contribution < -0.4 is 5.73 Å². The van der Waals surface area contributed by atoms with Gasteiger partial charge in [-0.3, -0.25) is 9.59 Å². The highest BCUT2D eigenvalue weighted by Gasteiger charge is 2.35. The monoisotopic (exact) mass is 311 g/mol. The molecular formula is C18H21N3O2. The van der Waals surface area contributed by atoms with E-state index in [1.165, 1.54) is 6.92 Å². The molecule has 0 radical (unpaired) electrons. The van der Waals surface area contributed by atoms with Crippen LogP contribution in [0.2, 0.25) is 0 Å². The van der Waals surface area contributed by atoms with Crippen molar-refractivity contribution in [2.45, 2.75) is 18.9 Å². The third-order valence-corrected chi connectivity index (χ3v) is 4.51. The maximum absolute atomic E-state index is 12.8. The van der Waals surface area contributed by atoms with Crippen molar-refractivity contribution in [1.82, 2.24) is 9.47 Å². The Balaban J connectivity index is 1.81. The quantitative estimate of drug-likeness (QED) is 0.879. The minimum absolute atomic E-state index is 0.0417. The smallest absolute Gasteiger partial charge is 0.270 e. The Labute approximate surface area is 135 Å². The number of nitrogens with zero attached hydrogens (tertiary/aromatic N) is 2. The highest BCUT2D eigenvalue weighted by Crippen LogP contribution is 2.27. The van der Waals surface area contributed by atoms with Gasteiger partial charge in [-0.2, -0.15) is 0 Å². The van der Waals surface area contributed by atoms with Crippen molar-refractivity contribution in [1.29, 1.82) is 0 Å². The molecular weight excluding hydrogens is 290 g/mol. The first-order chi connectivity index (χ1) is 11.0. The molecule has 0 unspecified atom stereocenters. The first-order valence-electron chi connectivity index (χ1n) is 7.74. The first-order valence-corrected chi connectivity index (χ1v) is 7.74. The molecule has 0 aliphatic carbocycles. The van der Waals surface area contributed by atoms with Crippen molar-refractivity contribution in [3.63, 3.8) is 0 Å². The Kier molecular flexibility index (Phi) is 4.05. The second kappa shape index (κ2) is 6.01. The van der Waals surface area contributed by atoms with E-state index in [0.717, 1.165) is 5.56 Å². The zero-order chi connectivity index (χ0) is 16.6. The molecule has 5 nitrogen and oxygen atoms in total. The van der Waals surface area contributed by atoms with Crippen molar-refractivity contribution >= 4 is 11.7 Å². The number of ketones is 1. The molecule has 1 aliphatic heterocycles. The van der Waals surface area contributed by atoms with E-state index >= 15 is 0 Å². The molecule has 0 bridgehead atoms. The summed E-state index contributed by atoms with van der Waals surface area (Å²) in [6.45, 7) is 2.63. The summed E-state index contributed by atoms with van der Waals surface area (Å²) in [4.78, 5) is 26.0. The van der Waals surface area contributed by atoms with Gasteiger partial charge in [-0.25, -0.2) is 0 Å². The Morgan fingerprint density at radius 1 is 1.17 bits per heavy atom. The second-order valence-electron chi connectivity index (χ2n) is 6.17. The van der Waals surface area contributed by atoms with Crippen LogP contribution in [0, 0.1) is 0 Å². The Morgan fingerprint density at radius 3 is 2.48 bits per heavy atom. The highest BCUT2D eigenvalue weighted by molar-refractivity contribution is 5.99. The predicted molar refractivity (Wildman–Crippen MR) is 88.5 cm³/mol. The van der Waals surface area contributed by atoms with Crippen molar-refractivity contribution in [2.24, 2.45) is 12.8 Å². The van der Waals surface area contributed by atoms with Crippen molar-refractivity contribution < 1.29 is 9.59 Å². The van der Waals surface area contributed by atoms with E-state index in [1.54, 1.807) is 28.8 Å². The highest BCUT2D eigenvalue weighted by atomic mass is 16.2. The Morgan fingerprint density at radius 2 is 1.87 bits per heavy atom. The van der Waals surface area contributed by atoms with Gasteiger partial charge >= 0.3 is 0 Å². The van der Waals surface area contributed by atoms with Crippen LogP contribution in [-0.2, 0) is 7.05 Å². The molecule has 23 heavy (non-hydrogen) atoms. The van der Waals surface area contributed by atoms with Crippen LogP contribution >= 0.6 is 0 Å². The molecule has 0 saturated carbocycles. The minimum Gasteiger partial charge on any atom is -0.346 e. The summed E-state index contributed by atoms with van der Waals surface area (Å²) >= 11 is 0. The van der Waals surface area contributed by atoms with Crippen LogP contribution in [0.1, 0.15) is 39.3 Å². The van der Waals surface area contributed by atoms with E-state index in [1.807, 2.05) is 18.2 Å². The lowest BCUT2D eigenvalue weighted by atomic mass is 9.95. The number of hydrogen-bond donors (Lipinski definition) is 1. The fraction of sp³-hybridized carbons (Fsp3) is 0.333. The molecule has 1 fully saturated rings. The first kappa shape index (κ1) is 15.5. The zero-order valence-electron chi connectivity index (χ0n) is 13.4. The molecule has 120 valence electrons. The summed E-state index contributed by atoms with van der Waals surface area (Å²) in [6, 6.07) is 11.6. The molecule has 2 atom stereocenters. The molecule has 0 spiro atoms. The molecule has 5 heteroatoms. The van der Waals surface area contributed by atoms with Crippen molar-refractivity contribution in [2.75, 3.05) is 13.1 Å². The number of Topliss-reactive ketones (excluding diaryl/α,β-unsaturated/α-hetero) is 1. The van der Waals surface area contributed by atoms with Crippen LogP contribution in [0.15, 0.2) is 42.6 Å². The maximum Gasteiger partial charge on any atom is 0.270 e. The largest absolute Gasteiger partial charge is 0.346 e. The van der Waals surface area contributed by atoms with Gasteiger partial charge in [0.15, 0.2) is 5.78 Å². The number of benzene rings is 1. The fourth-order valence-corrected chi connectivity index (χ4v) is 3.18. The third kappa shape index (κ3) is 2.92. The summed E-state index contributed by atoms with van der Waals surface area (Å²) in [5, 5.41) is 0. The lowest BCUT2D eigenvalue weighted by Gasteiger charge is -2.16. The average Bonchev–Trinajstić information content (AvgIpc) is 3.11. The van der Waals surface area contributed by atoms with Gasteiger partial charge in [0, 0.05) is 43.9 Å². The maximum atomic E-state index is 12.8. The lowest BCUT2D eigenvalue weighted by Crippen LogP contribution is -2.33. The number of aryl methyl sites for hydroxylation is 1. The van der Waals surface area contributed by atoms with Gasteiger partial charge < -0.3 is 15.2 Å². The number of carbonyl (C=O) groups excluding carboxylic acids is 2. The minimum atomic E-state index is -0.0751. The number of nitrogens with two attached hydrogens (primary N) is 1. The van der Waals surface area contributed by atoms with Gasteiger partial charge in [-0.05, 0) is 18.6 Å². The van der Waals surface area contributed by atoms with Gasteiger partial charge in [-0.1, -0.05) is 30.3 Å². The number of amides is 1. The molecule has 2 aromatic rings. The molecule has 1 aromatic carbocycles. The molecule has 1 saturated heterocycles. The number of aromatic nitrogens is 1. The standard InChI is InChI=1S/C18H21N3O2/c1-12(22)14-8-17(20(2)9-14)18(23)21-10-15(16(19)11-21)13-6-4-3-5-7-13/h3-9,15-16H,10-11,19H2,1-2H3/t15-,16+/m0/s1. The third-order valence-electron chi connectivity index (χ3n) is 4.51. The molecule has 1 aromatic heterocycles. The molecule has 3 rings (SSSR count). The number of likely N-dealkylation sites (tertiary alicyclic amines) is 1. The number of rotatable bonds is 3. The van der Waals surface area contributed by atoms with E-state index in [4.69, 9.17) is 5.73 Å². The number of hydrogen-bond acceptors (Lipinski definition) is 3. The van der Waals surface area contributed by atoms with E-state index in [-0.39, 0.29) is 23.7 Å². The fourth-order valence-electron chi connectivity index (χ4n) is 3.18. The summed E-state index contributed by atoms with van der Waals surface area (Å²) < 4.78 is 1.71. The van der Waals surface area contributed by atoms with Crippen LogP contribution in [0.4, 0.5) is 0 Å². The predicted octanol–water partition coefficient (Wildman–Crippen LogP) is 1.79. The molecule has 1 amide bonds. The summed E-state index contributed by atoms with van der Waals surface area (Å²) in [5.74, 6) is 0.0292. The average molecular weight is 311 g/mol. The van der Waals surface area contributed by atoms with Crippen molar-refractivity contribution in [3.8, 4) is 0 Å². The second-order valence-corrected chi connectivity index (χ2v) is 6.17. The van der Waals surface area contributed by atoms with Gasteiger partial charge in [-0.15, -0.1) is 0 Å². The van der Waals surface area contributed by atoms with Gasteiger partial charge in [0.1, 0.15) is 5.69 Å². The molecule has 2 heterocycles. The van der Waals surface area contributed by atoms with Crippen LogP contribution in [0.5, 0.6) is 0 Å². The van der Waals surface area contributed by atoms with Crippen LogP contribution in [0.25, 0.3) is 0 Å². The van der Waals surface area contributed by atoms with Gasteiger partial charge in [0.2, 0.25) is 0 Å². The summed E-state index contributed by atoms with van der Waals surface area (Å²) in [6.07, 6.45) is 1.69. The Hall–Kier alpha value is -2.40. The van der Waals surface area contributed by atoms with E-state index in [0.29, 0.717) is 24.3 Å². The number of carbonyl (C=O) groups is 2. The lowest BCUT2D eigenvalue weighted by molar-refractivity contribution is 0.0779. The zero-order valence-corrected chi connectivity index (χ0v) is 13.4. The van der Waals surface area contributed by atoms with E-state index in [2.05, 4.69) is 12.1 Å². The van der Waals surface area contributed by atoms with Gasteiger partial charge in [0.05, 0.1) is 0 Å². The van der Waals surface area contributed by atoms with E-state index in [9.17, 15) is 9.59 Å². The molecule has 2 N–H and O–H groups in total.